The smallest absolute Gasteiger partial charge is 0.227 e. The van der Waals surface area contributed by atoms with Crippen molar-refractivity contribution < 1.29 is 9.47 Å². The first-order valence-corrected chi connectivity index (χ1v) is 10.7. The van der Waals surface area contributed by atoms with E-state index in [1.165, 1.54) is 0 Å². The molecule has 4 heterocycles. The van der Waals surface area contributed by atoms with Crippen molar-refractivity contribution in [1.29, 1.82) is 0 Å². The highest BCUT2D eigenvalue weighted by Gasteiger charge is 2.33. The summed E-state index contributed by atoms with van der Waals surface area (Å²) in [6.07, 6.45) is 5.33. The van der Waals surface area contributed by atoms with Crippen LogP contribution in [0, 0.1) is 12.3 Å². The van der Waals surface area contributed by atoms with Gasteiger partial charge in [-0.1, -0.05) is 6.92 Å². The van der Waals surface area contributed by atoms with Crippen molar-refractivity contribution in [3.8, 4) is 17.1 Å². The zero-order valence-electron chi connectivity index (χ0n) is 19.1. The molecule has 5 rings (SSSR count). The average molecular weight is 447 g/mol. The first kappa shape index (κ1) is 21.1. The highest BCUT2D eigenvalue weighted by atomic mass is 16.5. The van der Waals surface area contributed by atoms with Gasteiger partial charge in [-0.2, -0.15) is 0 Å². The summed E-state index contributed by atoms with van der Waals surface area (Å²) < 4.78 is 12.8. The molecule has 0 amide bonds. The molecule has 0 bridgehead atoms. The van der Waals surface area contributed by atoms with Crippen LogP contribution in [0.5, 0.6) is 5.75 Å². The number of ether oxygens (including phenoxy) is 2. The summed E-state index contributed by atoms with van der Waals surface area (Å²) in [6.45, 7) is 6.46. The van der Waals surface area contributed by atoms with Crippen molar-refractivity contribution in [2.75, 3.05) is 37.5 Å². The second-order valence-corrected chi connectivity index (χ2v) is 8.71. The minimum Gasteiger partial charge on any atom is -0.495 e. The van der Waals surface area contributed by atoms with Gasteiger partial charge in [0.2, 0.25) is 5.95 Å². The van der Waals surface area contributed by atoms with Gasteiger partial charge < -0.3 is 24.7 Å². The second kappa shape index (κ2) is 8.28. The maximum absolute atomic E-state index is 5.61. The van der Waals surface area contributed by atoms with Crippen molar-refractivity contribution >= 4 is 28.4 Å². The van der Waals surface area contributed by atoms with Crippen molar-refractivity contribution in [2.45, 2.75) is 13.8 Å². The van der Waals surface area contributed by atoms with Gasteiger partial charge in [0.25, 0.3) is 0 Å². The maximum atomic E-state index is 5.61. The Balaban J connectivity index is 1.45. The molecular formula is C23H26N8O2. The lowest BCUT2D eigenvalue weighted by molar-refractivity contribution is -0.0924. The molecule has 1 aliphatic heterocycles. The molecule has 170 valence electrons. The summed E-state index contributed by atoms with van der Waals surface area (Å²) in [6, 6.07) is 5.78. The van der Waals surface area contributed by atoms with E-state index in [-0.39, 0.29) is 5.41 Å². The molecule has 0 unspecified atom stereocenters. The van der Waals surface area contributed by atoms with Crippen molar-refractivity contribution in [2.24, 2.45) is 12.5 Å². The molecule has 1 aromatic carbocycles. The standard InChI is InChI=1S/C23H26N8O2/c1-14-8-24-20(26-10-23(2)11-33-12-23)19-16(14)9-25-22(29-19)28-17-6-5-15(7-18(17)32-4)21-30-27-13-31(21)3/h5-9,13H,10-12H2,1-4H3,(H,24,26)(H,25,28,29). The topological polar surface area (TPSA) is 112 Å². The van der Waals surface area contributed by atoms with Crippen LogP contribution in [0.1, 0.15) is 12.5 Å². The second-order valence-electron chi connectivity index (χ2n) is 8.71. The maximum Gasteiger partial charge on any atom is 0.227 e. The van der Waals surface area contributed by atoms with E-state index in [1.807, 2.05) is 49.1 Å². The number of aryl methyl sites for hydroxylation is 2. The Kier molecular flexibility index (Phi) is 5.29. The fourth-order valence-corrected chi connectivity index (χ4v) is 3.78. The SMILES string of the molecule is COc1cc(-c2nncn2C)ccc1Nc1ncc2c(C)cnc(NCC3(C)COC3)c2n1. The van der Waals surface area contributed by atoms with Gasteiger partial charge in [0.15, 0.2) is 11.6 Å². The number of benzene rings is 1. The fourth-order valence-electron chi connectivity index (χ4n) is 3.78. The number of methoxy groups -OCH3 is 1. The van der Waals surface area contributed by atoms with E-state index in [2.05, 4.69) is 37.7 Å². The Morgan fingerprint density at radius 3 is 2.76 bits per heavy atom. The third kappa shape index (κ3) is 4.05. The van der Waals surface area contributed by atoms with Crippen LogP contribution in [0.4, 0.5) is 17.5 Å². The molecule has 0 aliphatic carbocycles. The minimum atomic E-state index is 0.116. The highest BCUT2D eigenvalue weighted by molar-refractivity contribution is 5.91. The number of rotatable bonds is 7. The molecular weight excluding hydrogens is 420 g/mol. The van der Waals surface area contributed by atoms with Gasteiger partial charge in [-0.3, -0.25) is 0 Å². The Hall–Kier alpha value is -3.79. The summed E-state index contributed by atoms with van der Waals surface area (Å²) in [7, 11) is 3.53. The monoisotopic (exact) mass is 446 g/mol. The Bertz CT molecular complexity index is 1320. The van der Waals surface area contributed by atoms with Crippen LogP contribution in [0.25, 0.3) is 22.3 Å². The minimum absolute atomic E-state index is 0.116. The number of fused-ring (bicyclic) bond motifs is 1. The summed E-state index contributed by atoms with van der Waals surface area (Å²) >= 11 is 0. The van der Waals surface area contributed by atoms with Gasteiger partial charge in [0.1, 0.15) is 17.6 Å². The zero-order chi connectivity index (χ0) is 23.0. The number of hydrogen-bond donors (Lipinski definition) is 2. The van der Waals surface area contributed by atoms with Crippen LogP contribution in [-0.2, 0) is 11.8 Å². The molecule has 1 aliphatic rings. The van der Waals surface area contributed by atoms with Crippen LogP contribution >= 0.6 is 0 Å². The zero-order valence-corrected chi connectivity index (χ0v) is 19.1. The molecule has 33 heavy (non-hydrogen) atoms. The van der Waals surface area contributed by atoms with Gasteiger partial charge in [-0.25, -0.2) is 15.0 Å². The quantitative estimate of drug-likeness (QED) is 0.441. The Morgan fingerprint density at radius 2 is 2.06 bits per heavy atom. The van der Waals surface area contributed by atoms with Gasteiger partial charge >= 0.3 is 0 Å². The fraction of sp³-hybridized carbons (Fsp3) is 0.348. The van der Waals surface area contributed by atoms with Gasteiger partial charge in [-0.15, -0.1) is 10.2 Å². The van der Waals surface area contributed by atoms with E-state index in [0.29, 0.717) is 11.7 Å². The predicted molar refractivity (Wildman–Crippen MR) is 126 cm³/mol. The molecule has 1 saturated heterocycles. The number of nitrogens with one attached hydrogen (secondary N) is 2. The predicted octanol–water partition coefficient (Wildman–Crippen LogP) is 3.33. The Labute approximate surface area is 191 Å². The molecule has 4 aromatic rings. The van der Waals surface area contributed by atoms with Crippen molar-refractivity contribution in [3.63, 3.8) is 0 Å². The molecule has 0 spiro atoms. The molecule has 2 N–H and O–H groups in total. The van der Waals surface area contributed by atoms with Crippen LogP contribution < -0.4 is 15.4 Å². The number of nitrogens with zero attached hydrogens (tertiary/aromatic N) is 6. The van der Waals surface area contributed by atoms with Gasteiger partial charge in [-0.05, 0) is 30.7 Å². The van der Waals surface area contributed by atoms with Crippen LogP contribution in [-0.4, -0.2) is 56.6 Å². The molecule has 0 atom stereocenters. The van der Waals surface area contributed by atoms with E-state index < -0.39 is 0 Å². The van der Waals surface area contributed by atoms with Gasteiger partial charge in [0.05, 0.1) is 26.0 Å². The van der Waals surface area contributed by atoms with Gasteiger partial charge in [0, 0.05) is 42.4 Å². The van der Waals surface area contributed by atoms with Crippen molar-refractivity contribution in [3.05, 3.63) is 42.5 Å². The highest BCUT2D eigenvalue weighted by Crippen LogP contribution is 2.33. The van der Waals surface area contributed by atoms with Crippen LogP contribution in [0.15, 0.2) is 36.9 Å². The summed E-state index contributed by atoms with van der Waals surface area (Å²) in [4.78, 5) is 13.9. The average Bonchev–Trinajstić information content (AvgIpc) is 3.23. The summed E-state index contributed by atoms with van der Waals surface area (Å²) in [5.74, 6) is 2.60. The number of hydrogen-bond acceptors (Lipinski definition) is 9. The summed E-state index contributed by atoms with van der Waals surface area (Å²) in [5.41, 5.74) is 3.55. The van der Waals surface area contributed by atoms with E-state index >= 15 is 0 Å². The van der Waals surface area contributed by atoms with Crippen LogP contribution in [0.3, 0.4) is 0 Å². The lowest BCUT2D eigenvalue weighted by atomic mass is 9.89. The van der Waals surface area contributed by atoms with Crippen molar-refractivity contribution in [1.82, 2.24) is 29.7 Å². The molecule has 0 saturated carbocycles. The first-order chi connectivity index (χ1) is 16.0. The van der Waals surface area contributed by atoms with Crippen LogP contribution in [0.2, 0.25) is 0 Å². The third-order valence-electron chi connectivity index (χ3n) is 5.83. The number of anilines is 3. The first-order valence-electron chi connectivity index (χ1n) is 10.7. The van der Waals surface area contributed by atoms with E-state index in [4.69, 9.17) is 14.5 Å². The van der Waals surface area contributed by atoms with E-state index in [1.54, 1.807) is 13.4 Å². The molecule has 3 aromatic heterocycles. The normalized spacial score (nSPS) is 14.7. The molecule has 0 radical (unpaired) electrons. The number of aromatic nitrogens is 6. The summed E-state index contributed by atoms with van der Waals surface area (Å²) in [5, 5.41) is 15.8. The molecule has 10 heteroatoms. The lowest BCUT2D eigenvalue weighted by Gasteiger charge is -2.38. The molecule has 10 nitrogen and oxygen atoms in total. The lowest BCUT2D eigenvalue weighted by Crippen LogP contribution is -2.45. The largest absolute Gasteiger partial charge is 0.495 e. The molecule has 1 fully saturated rings. The third-order valence-corrected chi connectivity index (χ3v) is 5.83. The Morgan fingerprint density at radius 1 is 1.21 bits per heavy atom. The number of pyridine rings is 1. The van der Waals surface area contributed by atoms with E-state index in [0.717, 1.165) is 59.1 Å². The van der Waals surface area contributed by atoms with E-state index in [9.17, 15) is 0 Å².